The third-order valence-electron chi connectivity index (χ3n) is 1.43. The van der Waals surface area contributed by atoms with Crippen molar-refractivity contribution in [3.05, 3.63) is 11.8 Å². The van der Waals surface area contributed by atoms with Gasteiger partial charge in [-0.2, -0.15) is 5.10 Å². The minimum Gasteiger partial charge on any atom is -0.387 e. The lowest BCUT2D eigenvalue weighted by Crippen LogP contribution is -2.03. The Morgan fingerprint density at radius 3 is 3.08 bits per heavy atom. The number of nitrogens with one attached hydrogen (secondary N) is 1. The van der Waals surface area contributed by atoms with Crippen molar-refractivity contribution in [2.75, 3.05) is 0 Å². The molecular weight excluding hydrogens is 152 g/mol. The van der Waals surface area contributed by atoms with Crippen molar-refractivity contribution in [3.63, 3.8) is 0 Å². The van der Waals surface area contributed by atoms with Crippen LogP contribution in [-0.2, 0) is 6.42 Å². The second-order valence-corrected chi connectivity index (χ2v) is 2.75. The van der Waals surface area contributed by atoms with E-state index in [2.05, 4.69) is 22.1 Å². The molecule has 1 aromatic heterocycles. The fourth-order valence-electron chi connectivity index (χ4n) is 0.985. The highest BCUT2D eigenvalue weighted by Gasteiger charge is 1.97. The van der Waals surface area contributed by atoms with E-state index in [1.165, 1.54) is 0 Å². The van der Waals surface area contributed by atoms with E-state index >= 15 is 0 Å². The summed E-state index contributed by atoms with van der Waals surface area (Å²) >= 11 is 0. The van der Waals surface area contributed by atoms with Crippen molar-refractivity contribution in [1.29, 1.82) is 0 Å². The molecule has 0 aromatic carbocycles. The van der Waals surface area contributed by atoms with Crippen LogP contribution < -0.4 is 5.73 Å². The van der Waals surface area contributed by atoms with Gasteiger partial charge in [0.05, 0.1) is 5.84 Å². The van der Waals surface area contributed by atoms with Crippen LogP contribution in [0.2, 0.25) is 0 Å². The summed E-state index contributed by atoms with van der Waals surface area (Å²) < 4.78 is 0. The molecule has 1 rings (SSSR count). The molecule has 4 nitrogen and oxygen atoms in total. The van der Waals surface area contributed by atoms with Crippen molar-refractivity contribution < 1.29 is 0 Å². The molecule has 3 N–H and O–H groups in total. The molecule has 0 saturated carbocycles. The molecule has 1 aromatic rings. The molecule has 0 aliphatic carbocycles. The summed E-state index contributed by atoms with van der Waals surface area (Å²) in [5.74, 6) is 1.20. The maximum atomic E-state index is 5.40. The van der Waals surface area contributed by atoms with Crippen molar-refractivity contribution in [3.8, 4) is 0 Å². The zero-order valence-corrected chi connectivity index (χ0v) is 7.46. The number of nitrogens with two attached hydrogens (primary N) is 1. The van der Waals surface area contributed by atoms with Crippen LogP contribution in [-0.4, -0.2) is 16.0 Å². The van der Waals surface area contributed by atoms with Crippen LogP contribution in [0.1, 0.15) is 26.0 Å². The molecule has 0 saturated heterocycles. The van der Waals surface area contributed by atoms with E-state index < -0.39 is 0 Å². The molecule has 0 radical (unpaired) electrons. The largest absolute Gasteiger partial charge is 0.387 e. The first-order valence-electron chi connectivity index (χ1n) is 4.07. The van der Waals surface area contributed by atoms with Gasteiger partial charge in [0, 0.05) is 11.8 Å². The molecule has 4 heteroatoms. The van der Waals surface area contributed by atoms with Gasteiger partial charge in [-0.3, -0.25) is 5.10 Å². The molecule has 0 amide bonds. The molecule has 0 unspecified atom stereocenters. The van der Waals surface area contributed by atoms with Crippen LogP contribution in [0.3, 0.4) is 0 Å². The van der Waals surface area contributed by atoms with Crippen LogP contribution in [0.4, 0.5) is 5.82 Å². The lowest BCUT2D eigenvalue weighted by atomic mass is 10.2. The number of aromatic amines is 1. The Morgan fingerprint density at radius 2 is 2.50 bits per heavy atom. The Balaban J connectivity index is 2.71. The molecule has 0 spiro atoms. The number of rotatable bonds is 3. The highest BCUT2D eigenvalue weighted by molar-refractivity contribution is 5.79. The SMILES string of the molecule is CCCc1cc(N=C(C)N)n[nH]1. The second kappa shape index (κ2) is 3.90. The smallest absolute Gasteiger partial charge is 0.175 e. The Morgan fingerprint density at radius 1 is 1.75 bits per heavy atom. The minimum atomic E-state index is 0.532. The van der Waals surface area contributed by atoms with Gasteiger partial charge in [0.15, 0.2) is 5.82 Å². The van der Waals surface area contributed by atoms with Crippen molar-refractivity contribution in [2.24, 2.45) is 10.7 Å². The summed E-state index contributed by atoms with van der Waals surface area (Å²) in [6.45, 7) is 3.87. The lowest BCUT2D eigenvalue weighted by Gasteiger charge is -1.87. The number of aromatic nitrogens is 2. The normalized spacial score (nSPS) is 12.0. The lowest BCUT2D eigenvalue weighted by molar-refractivity contribution is 0.867. The van der Waals surface area contributed by atoms with Gasteiger partial charge in [-0.1, -0.05) is 13.3 Å². The predicted octanol–water partition coefficient (Wildman–Crippen LogP) is 1.37. The number of hydrogen-bond donors (Lipinski definition) is 2. The van der Waals surface area contributed by atoms with E-state index in [1.54, 1.807) is 6.92 Å². The molecule has 0 bridgehead atoms. The van der Waals surface area contributed by atoms with Gasteiger partial charge < -0.3 is 5.73 Å². The highest BCUT2D eigenvalue weighted by atomic mass is 15.2. The van der Waals surface area contributed by atoms with Crippen molar-refractivity contribution in [1.82, 2.24) is 10.2 Å². The number of hydrogen-bond acceptors (Lipinski definition) is 2. The fraction of sp³-hybridized carbons (Fsp3) is 0.500. The summed E-state index contributed by atoms with van der Waals surface area (Å²) in [5, 5.41) is 6.88. The van der Waals surface area contributed by atoms with Crippen LogP contribution in [0, 0.1) is 0 Å². The molecule has 0 fully saturated rings. The standard InChI is InChI=1S/C8H14N4/c1-3-4-7-5-8(12-11-7)10-6(2)9/h5H,3-4H2,1-2H3,(H3,9,10,11,12). The van der Waals surface area contributed by atoms with Crippen molar-refractivity contribution in [2.45, 2.75) is 26.7 Å². The van der Waals surface area contributed by atoms with Gasteiger partial charge in [0.1, 0.15) is 0 Å². The van der Waals surface area contributed by atoms with Gasteiger partial charge in [-0.05, 0) is 13.3 Å². The zero-order chi connectivity index (χ0) is 8.97. The van der Waals surface area contributed by atoms with Gasteiger partial charge in [-0.25, -0.2) is 4.99 Å². The molecule has 0 aliphatic heterocycles. The predicted molar refractivity (Wildman–Crippen MR) is 49.5 cm³/mol. The van der Waals surface area contributed by atoms with E-state index in [1.807, 2.05) is 6.07 Å². The van der Waals surface area contributed by atoms with Crippen LogP contribution >= 0.6 is 0 Å². The first-order chi connectivity index (χ1) is 5.72. The molecular formula is C8H14N4. The Kier molecular flexibility index (Phi) is 2.85. The Hall–Kier alpha value is -1.32. The summed E-state index contributed by atoms with van der Waals surface area (Å²) in [4.78, 5) is 4.01. The summed E-state index contributed by atoms with van der Waals surface area (Å²) in [6.07, 6.45) is 2.11. The van der Waals surface area contributed by atoms with E-state index in [0.717, 1.165) is 18.5 Å². The van der Waals surface area contributed by atoms with Gasteiger partial charge in [-0.15, -0.1) is 0 Å². The first kappa shape index (κ1) is 8.77. The summed E-state index contributed by atoms with van der Waals surface area (Å²) in [6, 6.07) is 1.92. The van der Waals surface area contributed by atoms with E-state index in [4.69, 9.17) is 5.73 Å². The average Bonchev–Trinajstić information content (AvgIpc) is 2.36. The third-order valence-corrected chi connectivity index (χ3v) is 1.43. The van der Waals surface area contributed by atoms with Crippen molar-refractivity contribution >= 4 is 11.7 Å². The number of amidine groups is 1. The quantitative estimate of drug-likeness (QED) is 0.526. The fourth-order valence-corrected chi connectivity index (χ4v) is 0.985. The number of aryl methyl sites for hydroxylation is 1. The van der Waals surface area contributed by atoms with E-state index in [-0.39, 0.29) is 0 Å². The topological polar surface area (TPSA) is 67.1 Å². The third kappa shape index (κ3) is 2.38. The summed E-state index contributed by atoms with van der Waals surface area (Å²) in [5.41, 5.74) is 6.51. The van der Waals surface area contributed by atoms with Crippen LogP contribution in [0.5, 0.6) is 0 Å². The summed E-state index contributed by atoms with van der Waals surface area (Å²) in [7, 11) is 0. The van der Waals surface area contributed by atoms with Crippen LogP contribution in [0.25, 0.3) is 0 Å². The monoisotopic (exact) mass is 166 g/mol. The van der Waals surface area contributed by atoms with E-state index in [9.17, 15) is 0 Å². The first-order valence-corrected chi connectivity index (χ1v) is 4.07. The maximum Gasteiger partial charge on any atom is 0.175 e. The van der Waals surface area contributed by atoms with Crippen LogP contribution in [0.15, 0.2) is 11.1 Å². The van der Waals surface area contributed by atoms with Gasteiger partial charge in [0.2, 0.25) is 0 Å². The zero-order valence-electron chi connectivity index (χ0n) is 7.46. The Labute approximate surface area is 71.9 Å². The second-order valence-electron chi connectivity index (χ2n) is 2.75. The minimum absolute atomic E-state index is 0.532. The molecule has 1 heterocycles. The Bertz CT molecular complexity index is 270. The molecule has 66 valence electrons. The maximum absolute atomic E-state index is 5.40. The number of H-pyrrole nitrogens is 1. The van der Waals surface area contributed by atoms with Gasteiger partial charge >= 0.3 is 0 Å². The molecule has 0 atom stereocenters. The highest BCUT2D eigenvalue weighted by Crippen LogP contribution is 2.10. The average molecular weight is 166 g/mol. The molecule has 12 heavy (non-hydrogen) atoms. The van der Waals surface area contributed by atoms with E-state index in [0.29, 0.717) is 11.7 Å². The van der Waals surface area contributed by atoms with Gasteiger partial charge in [0.25, 0.3) is 0 Å². The molecule has 0 aliphatic rings. The number of nitrogens with zero attached hydrogens (tertiary/aromatic N) is 2. The number of aliphatic imine (C=N–C) groups is 1.